The third-order valence-corrected chi connectivity index (χ3v) is 6.78. The molecular formula is C24H22F4N2. The van der Waals surface area contributed by atoms with E-state index in [1.54, 1.807) is 6.07 Å². The first kappa shape index (κ1) is 19.3. The van der Waals surface area contributed by atoms with E-state index in [2.05, 4.69) is 18.0 Å². The fourth-order valence-corrected chi connectivity index (χ4v) is 5.37. The summed E-state index contributed by atoms with van der Waals surface area (Å²) >= 11 is 0. The number of allylic oxidation sites excluding steroid dienone is 1. The van der Waals surface area contributed by atoms with E-state index in [1.165, 1.54) is 16.5 Å². The van der Waals surface area contributed by atoms with Crippen molar-refractivity contribution in [1.29, 1.82) is 0 Å². The minimum atomic E-state index is -4.47. The van der Waals surface area contributed by atoms with Crippen LogP contribution in [0.5, 0.6) is 0 Å². The number of alkyl halides is 4. The number of imidazole rings is 1. The highest BCUT2D eigenvalue weighted by atomic mass is 19.4. The van der Waals surface area contributed by atoms with E-state index in [0.717, 1.165) is 29.0 Å². The van der Waals surface area contributed by atoms with Crippen LogP contribution in [0.4, 0.5) is 17.6 Å². The van der Waals surface area contributed by atoms with Gasteiger partial charge in [0.05, 0.1) is 6.33 Å². The Balaban J connectivity index is 1.57. The zero-order valence-electron chi connectivity index (χ0n) is 16.7. The Bertz CT molecular complexity index is 1140. The number of aromatic nitrogens is 2. The smallest absolute Gasteiger partial charge is 0.306 e. The van der Waals surface area contributed by atoms with E-state index in [-0.39, 0.29) is 17.8 Å². The molecule has 2 nitrogen and oxygen atoms in total. The second-order valence-corrected chi connectivity index (χ2v) is 8.73. The molecule has 0 bridgehead atoms. The summed E-state index contributed by atoms with van der Waals surface area (Å²) in [5, 5.41) is 1.97. The number of fused-ring (bicyclic) bond motifs is 5. The Morgan fingerprint density at radius 2 is 1.87 bits per heavy atom. The molecule has 0 aliphatic heterocycles. The van der Waals surface area contributed by atoms with Crippen molar-refractivity contribution in [3.63, 3.8) is 0 Å². The van der Waals surface area contributed by atoms with E-state index in [9.17, 15) is 17.6 Å². The molecule has 2 aliphatic carbocycles. The number of halogens is 4. The second-order valence-electron chi connectivity index (χ2n) is 8.73. The van der Waals surface area contributed by atoms with Crippen LogP contribution in [-0.4, -0.2) is 15.7 Å². The van der Waals surface area contributed by atoms with Crippen molar-refractivity contribution in [3.8, 4) is 5.69 Å². The average molecular weight is 414 g/mol. The third kappa shape index (κ3) is 2.96. The molecule has 0 radical (unpaired) electrons. The first-order valence-electron chi connectivity index (χ1n) is 10.2. The summed E-state index contributed by atoms with van der Waals surface area (Å²) in [5.41, 5.74) is 1.97. The van der Waals surface area contributed by atoms with E-state index in [1.807, 2.05) is 37.3 Å². The van der Waals surface area contributed by atoms with Crippen molar-refractivity contribution in [2.75, 3.05) is 0 Å². The van der Waals surface area contributed by atoms with E-state index in [4.69, 9.17) is 0 Å². The minimum Gasteiger partial charge on any atom is -0.306 e. The number of rotatable bonds is 1. The Labute approximate surface area is 172 Å². The first-order chi connectivity index (χ1) is 14.2. The maximum absolute atomic E-state index is 14.9. The molecule has 0 saturated heterocycles. The fourth-order valence-electron chi connectivity index (χ4n) is 5.37. The predicted molar refractivity (Wildman–Crippen MR) is 109 cm³/mol. The number of hydrogen-bond acceptors (Lipinski definition) is 1. The normalized spacial score (nSPS) is 28.4. The van der Waals surface area contributed by atoms with Gasteiger partial charge in [-0.3, -0.25) is 0 Å². The molecular weight excluding hydrogens is 392 g/mol. The lowest BCUT2D eigenvalue weighted by Crippen LogP contribution is -2.38. The maximum Gasteiger partial charge on any atom is 0.434 e. The molecule has 2 aliphatic rings. The molecule has 6 heteroatoms. The van der Waals surface area contributed by atoms with Gasteiger partial charge in [-0.05, 0) is 58.2 Å². The minimum absolute atomic E-state index is 0.0623. The Morgan fingerprint density at radius 3 is 2.60 bits per heavy atom. The highest BCUT2D eigenvalue weighted by molar-refractivity contribution is 5.94. The zero-order valence-corrected chi connectivity index (χ0v) is 16.7. The van der Waals surface area contributed by atoms with Crippen molar-refractivity contribution in [2.24, 2.45) is 17.8 Å². The fraction of sp³-hybridized carbons (Fsp3) is 0.375. The molecule has 0 amide bonds. The first-order valence-corrected chi connectivity index (χ1v) is 10.2. The van der Waals surface area contributed by atoms with Gasteiger partial charge in [0.2, 0.25) is 0 Å². The van der Waals surface area contributed by atoms with E-state index >= 15 is 0 Å². The average Bonchev–Trinajstić information content (AvgIpc) is 3.21. The van der Waals surface area contributed by atoms with Gasteiger partial charge in [-0.2, -0.15) is 13.2 Å². The second kappa shape index (κ2) is 6.69. The van der Waals surface area contributed by atoms with Crippen molar-refractivity contribution in [3.05, 3.63) is 65.8 Å². The molecule has 5 rings (SSSR count). The molecule has 30 heavy (non-hydrogen) atoms. The molecule has 5 unspecified atom stereocenters. The van der Waals surface area contributed by atoms with Gasteiger partial charge in [0.1, 0.15) is 6.17 Å². The van der Waals surface area contributed by atoms with E-state index < -0.39 is 18.0 Å². The quantitative estimate of drug-likeness (QED) is 0.401. The zero-order chi connectivity index (χ0) is 21.2. The van der Waals surface area contributed by atoms with Crippen LogP contribution in [0.25, 0.3) is 22.5 Å². The van der Waals surface area contributed by atoms with Crippen molar-refractivity contribution >= 4 is 16.8 Å². The molecule has 1 aromatic heterocycles. The van der Waals surface area contributed by atoms with Gasteiger partial charge in [0.15, 0.2) is 5.69 Å². The molecule has 1 heterocycles. The lowest BCUT2D eigenvalue weighted by Gasteiger charge is -2.43. The molecule has 1 fully saturated rings. The van der Waals surface area contributed by atoms with Gasteiger partial charge in [0.25, 0.3) is 0 Å². The van der Waals surface area contributed by atoms with Crippen molar-refractivity contribution in [1.82, 2.24) is 9.55 Å². The predicted octanol–water partition coefficient (Wildman–Crippen LogP) is 6.78. The largest absolute Gasteiger partial charge is 0.434 e. The number of hydrogen-bond donors (Lipinski definition) is 0. The van der Waals surface area contributed by atoms with Crippen molar-refractivity contribution in [2.45, 2.75) is 38.5 Å². The van der Waals surface area contributed by atoms with Crippen LogP contribution < -0.4 is 0 Å². The standard InChI is InChI=1S/C24H22F4N2/c1-13-9-14(2)23(25)20-8-7-18-17-6-4-16(10-15(17)3-5-19(18)22(13)20)30-11-21(29-12-30)24(26,27)28/h3-8,10-14,20,22-23H,9H2,1-2H3. The summed E-state index contributed by atoms with van der Waals surface area (Å²) in [7, 11) is 0. The van der Waals surface area contributed by atoms with Gasteiger partial charge >= 0.3 is 6.18 Å². The Kier molecular flexibility index (Phi) is 4.31. The van der Waals surface area contributed by atoms with E-state index in [0.29, 0.717) is 11.6 Å². The molecule has 3 aromatic rings. The summed E-state index contributed by atoms with van der Waals surface area (Å²) in [6.07, 6.45) is 1.78. The summed E-state index contributed by atoms with van der Waals surface area (Å²) in [6.45, 7) is 4.19. The molecule has 0 spiro atoms. The van der Waals surface area contributed by atoms with Gasteiger partial charge in [-0.15, -0.1) is 0 Å². The molecule has 2 aromatic carbocycles. The Hall–Kier alpha value is -2.63. The van der Waals surface area contributed by atoms with Gasteiger partial charge in [-0.1, -0.05) is 44.2 Å². The van der Waals surface area contributed by atoms with Crippen LogP contribution in [-0.2, 0) is 6.18 Å². The Morgan fingerprint density at radius 1 is 1.07 bits per heavy atom. The highest BCUT2D eigenvalue weighted by Gasteiger charge is 2.43. The van der Waals surface area contributed by atoms with Crippen LogP contribution in [0.2, 0.25) is 0 Å². The molecule has 0 N–H and O–H groups in total. The summed E-state index contributed by atoms with van der Waals surface area (Å²) in [5.74, 6) is 0.513. The lowest BCUT2D eigenvalue weighted by atomic mass is 9.62. The molecule has 1 saturated carbocycles. The molecule has 5 atom stereocenters. The summed E-state index contributed by atoms with van der Waals surface area (Å²) in [6, 6.07) is 9.66. The maximum atomic E-state index is 14.9. The SMILES string of the molecule is CC1CC(C)C2c3ccc4cc(-n5cnc(C(F)(F)F)c5)ccc4c3C=CC2C1F. The highest BCUT2D eigenvalue weighted by Crippen LogP contribution is 2.50. The van der Waals surface area contributed by atoms with Crippen LogP contribution in [0.1, 0.15) is 43.0 Å². The topological polar surface area (TPSA) is 17.8 Å². The number of nitrogens with zero attached hydrogens (tertiary/aromatic N) is 2. The van der Waals surface area contributed by atoms with Gasteiger partial charge in [-0.25, -0.2) is 9.37 Å². The summed E-state index contributed by atoms with van der Waals surface area (Å²) in [4.78, 5) is 3.47. The van der Waals surface area contributed by atoms with Crippen LogP contribution in [0.15, 0.2) is 48.9 Å². The third-order valence-electron chi connectivity index (χ3n) is 6.78. The van der Waals surface area contributed by atoms with Crippen LogP contribution in [0.3, 0.4) is 0 Å². The summed E-state index contributed by atoms with van der Waals surface area (Å²) < 4.78 is 54.9. The lowest BCUT2D eigenvalue weighted by molar-refractivity contribution is -0.140. The van der Waals surface area contributed by atoms with Crippen LogP contribution >= 0.6 is 0 Å². The van der Waals surface area contributed by atoms with Gasteiger partial charge < -0.3 is 4.57 Å². The number of benzene rings is 2. The van der Waals surface area contributed by atoms with Crippen LogP contribution in [0, 0.1) is 17.8 Å². The molecule has 156 valence electrons. The van der Waals surface area contributed by atoms with Crippen molar-refractivity contribution < 1.29 is 17.6 Å². The van der Waals surface area contributed by atoms with Gasteiger partial charge in [0, 0.05) is 17.8 Å². The monoisotopic (exact) mass is 414 g/mol.